The van der Waals surface area contributed by atoms with E-state index in [4.69, 9.17) is 4.84 Å². The molecule has 0 aliphatic carbocycles. The van der Waals surface area contributed by atoms with Gasteiger partial charge in [-0.2, -0.15) is 0 Å². The Morgan fingerprint density at radius 3 is 2.50 bits per heavy atom. The molecular weight excluding hydrogens is 296 g/mol. The number of oxime groups is 1. The standard InChI is InChI=1S/C21H26N2O/c1-24-22-21(19-11-6-3-7-12-19)14-16-23-15-8-13-20(17-23)18-9-4-2-5-10-18/h2-7,9-12,20H,8,13-17H2,1H3. The zero-order valence-electron chi connectivity index (χ0n) is 14.4. The van der Waals surface area contributed by atoms with Crippen LogP contribution >= 0.6 is 0 Å². The molecule has 3 rings (SSSR count). The molecule has 0 aromatic heterocycles. The molecule has 0 radical (unpaired) electrons. The van der Waals surface area contributed by atoms with Crippen molar-refractivity contribution in [1.29, 1.82) is 0 Å². The van der Waals surface area contributed by atoms with Crippen molar-refractivity contribution in [2.45, 2.75) is 25.2 Å². The third-order valence-electron chi connectivity index (χ3n) is 4.75. The highest BCUT2D eigenvalue weighted by molar-refractivity contribution is 6.00. The smallest absolute Gasteiger partial charge is 0.106 e. The largest absolute Gasteiger partial charge is 0.399 e. The summed E-state index contributed by atoms with van der Waals surface area (Å²) in [6, 6.07) is 21.2. The fraction of sp³-hybridized carbons (Fsp3) is 0.381. The van der Waals surface area contributed by atoms with Crippen LogP contribution in [-0.4, -0.2) is 37.4 Å². The van der Waals surface area contributed by atoms with Gasteiger partial charge in [0.05, 0.1) is 5.71 Å². The van der Waals surface area contributed by atoms with E-state index in [1.807, 2.05) is 18.2 Å². The molecule has 1 atom stereocenters. The highest BCUT2D eigenvalue weighted by Crippen LogP contribution is 2.26. The van der Waals surface area contributed by atoms with Gasteiger partial charge < -0.3 is 9.74 Å². The Balaban J connectivity index is 1.60. The number of piperidine rings is 1. The van der Waals surface area contributed by atoms with Gasteiger partial charge >= 0.3 is 0 Å². The van der Waals surface area contributed by atoms with Crippen molar-refractivity contribution < 1.29 is 4.84 Å². The molecule has 0 amide bonds. The lowest BCUT2D eigenvalue weighted by Gasteiger charge is -2.33. The number of benzene rings is 2. The average Bonchev–Trinajstić information content (AvgIpc) is 2.67. The molecule has 1 saturated heterocycles. The molecule has 1 aliphatic rings. The summed E-state index contributed by atoms with van der Waals surface area (Å²) in [5.74, 6) is 0.652. The predicted octanol–water partition coefficient (Wildman–Crippen LogP) is 4.31. The second-order valence-electron chi connectivity index (χ2n) is 6.39. The van der Waals surface area contributed by atoms with Crippen LogP contribution < -0.4 is 0 Å². The molecule has 3 heteroatoms. The number of hydrogen-bond acceptors (Lipinski definition) is 3. The summed E-state index contributed by atoms with van der Waals surface area (Å²) < 4.78 is 0. The van der Waals surface area contributed by atoms with E-state index in [2.05, 4.69) is 52.5 Å². The van der Waals surface area contributed by atoms with Crippen molar-refractivity contribution in [2.75, 3.05) is 26.7 Å². The Morgan fingerprint density at radius 1 is 1.08 bits per heavy atom. The van der Waals surface area contributed by atoms with E-state index < -0.39 is 0 Å². The maximum atomic E-state index is 5.06. The van der Waals surface area contributed by atoms with Gasteiger partial charge in [0.2, 0.25) is 0 Å². The summed E-state index contributed by atoms with van der Waals surface area (Å²) in [7, 11) is 1.62. The molecular formula is C21H26N2O. The summed E-state index contributed by atoms with van der Waals surface area (Å²) in [4.78, 5) is 7.62. The van der Waals surface area contributed by atoms with E-state index in [9.17, 15) is 0 Å². The Hall–Kier alpha value is -2.13. The van der Waals surface area contributed by atoms with Gasteiger partial charge in [-0.1, -0.05) is 65.8 Å². The van der Waals surface area contributed by atoms with Crippen molar-refractivity contribution in [2.24, 2.45) is 5.16 Å². The van der Waals surface area contributed by atoms with Gasteiger partial charge in [-0.15, -0.1) is 0 Å². The number of hydrogen-bond donors (Lipinski definition) is 0. The molecule has 0 N–H and O–H groups in total. The van der Waals surface area contributed by atoms with E-state index >= 15 is 0 Å². The van der Waals surface area contributed by atoms with Crippen molar-refractivity contribution >= 4 is 5.71 Å². The monoisotopic (exact) mass is 322 g/mol. The van der Waals surface area contributed by atoms with E-state index in [0.717, 1.165) is 30.8 Å². The molecule has 126 valence electrons. The third-order valence-corrected chi connectivity index (χ3v) is 4.75. The third kappa shape index (κ3) is 4.45. The summed E-state index contributed by atoms with van der Waals surface area (Å²) >= 11 is 0. The summed E-state index contributed by atoms with van der Waals surface area (Å²) in [6.07, 6.45) is 3.47. The fourth-order valence-corrected chi connectivity index (χ4v) is 3.50. The maximum absolute atomic E-state index is 5.06. The second kappa shape index (κ2) is 8.65. The van der Waals surface area contributed by atoms with Crippen molar-refractivity contribution in [3.05, 3.63) is 71.8 Å². The van der Waals surface area contributed by atoms with Gasteiger partial charge in [0, 0.05) is 19.5 Å². The number of likely N-dealkylation sites (tertiary alicyclic amines) is 1. The molecule has 1 heterocycles. The fourth-order valence-electron chi connectivity index (χ4n) is 3.50. The van der Waals surface area contributed by atoms with Gasteiger partial charge in [0.25, 0.3) is 0 Å². The Labute approximate surface area is 144 Å². The van der Waals surface area contributed by atoms with Gasteiger partial charge in [-0.05, 0) is 36.4 Å². The summed E-state index contributed by atoms with van der Waals surface area (Å²) in [5, 5.41) is 4.25. The van der Waals surface area contributed by atoms with Crippen LogP contribution in [0, 0.1) is 0 Å². The highest BCUT2D eigenvalue weighted by atomic mass is 16.6. The van der Waals surface area contributed by atoms with Gasteiger partial charge in [-0.3, -0.25) is 0 Å². The lowest BCUT2D eigenvalue weighted by Crippen LogP contribution is -2.35. The molecule has 2 aromatic rings. The van der Waals surface area contributed by atoms with Crippen LogP contribution in [0.2, 0.25) is 0 Å². The SMILES string of the molecule is CON=C(CCN1CCCC(c2ccccc2)C1)c1ccccc1. The first kappa shape index (κ1) is 16.7. The molecule has 0 bridgehead atoms. The molecule has 0 saturated carbocycles. The van der Waals surface area contributed by atoms with Crippen LogP contribution in [0.1, 0.15) is 36.3 Å². The van der Waals surface area contributed by atoms with E-state index in [-0.39, 0.29) is 0 Å². The summed E-state index contributed by atoms with van der Waals surface area (Å²) in [5.41, 5.74) is 3.65. The first-order valence-electron chi connectivity index (χ1n) is 8.79. The molecule has 24 heavy (non-hydrogen) atoms. The Bertz CT molecular complexity index is 639. The zero-order valence-corrected chi connectivity index (χ0v) is 14.4. The van der Waals surface area contributed by atoms with Crippen LogP contribution in [0.4, 0.5) is 0 Å². The quantitative estimate of drug-likeness (QED) is 0.585. The van der Waals surface area contributed by atoms with E-state index in [0.29, 0.717) is 5.92 Å². The van der Waals surface area contributed by atoms with Crippen LogP contribution in [0.5, 0.6) is 0 Å². The molecule has 3 nitrogen and oxygen atoms in total. The van der Waals surface area contributed by atoms with Gasteiger partial charge in [-0.25, -0.2) is 0 Å². The first-order chi connectivity index (χ1) is 11.9. The van der Waals surface area contributed by atoms with Crippen LogP contribution in [-0.2, 0) is 4.84 Å². The van der Waals surface area contributed by atoms with E-state index in [1.54, 1.807) is 7.11 Å². The van der Waals surface area contributed by atoms with E-state index in [1.165, 1.54) is 24.9 Å². The highest BCUT2D eigenvalue weighted by Gasteiger charge is 2.21. The first-order valence-corrected chi connectivity index (χ1v) is 8.79. The molecule has 1 aliphatic heterocycles. The minimum Gasteiger partial charge on any atom is -0.399 e. The van der Waals surface area contributed by atoms with Crippen LogP contribution in [0.25, 0.3) is 0 Å². The molecule has 1 fully saturated rings. The maximum Gasteiger partial charge on any atom is 0.106 e. The second-order valence-corrected chi connectivity index (χ2v) is 6.39. The van der Waals surface area contributed by atoms with Crippen LogP contribution in [0.15, 0.2) is 65.8 Å². The number of nitrogens with zero attached hydrogens (tertiary/aromatic N) is 2. The Kier molecular flexibility index (Phi) is 6.02. The Morgan fingerprint density at radius 2 is 1.79 bits per heavy atom. The minimum absolute atomic E-state index is 0.652. The zero-order chi connectivity index (χ0) is 16.6. The van der Waals surface area contributed by atoms with Gasteiger partial charge in [0.15, 0.2) is 0 Å². The lowest BCUT2D eigenvalue weighted by molar-refractivity contribution is 0.204. The van der Waals surface area contributed by atoms with Crippen molar-refractivity contribution in [3.63, 3.8) is 0 Å². The molecule has 0 spiro atoms. The average molecular weight is 322 g/mol. The normalized spacial score (nSPS) is 19.2. The minimum atomic E-state index is 0.652. The lowest BCUT2D eigenvalue weighted by atomic mass is 9.90. The molecule has 1 unspecified atom stereocenters. The van der Waals surface area contributed by atoms with Crippen LogP contribution in [0.3, 0.4) is 0 Å². The summed E-state index contributed by atoms with van der Waals surface area (Å²) in [6.45, 7) is 3.35. The predicted molar refractivity (Wildman–Crippen MR) is 99.5 cm³/mol. The van der Waals surface area contributed by atoms with Crippen molar-refractivity contribution in [1.82, 2.24) is 4.90 Å². The number of rotatable bonds is 6. The van der Waals surface area contributed by atoms with Gasteiger partial charge in [0.1, 0.15) is 7.11 Å². The van der Waals surface area contributed by atoms with Crippen molar-refractivity contribution in [3.8, 4) is 0 Å². The molecule has 2 aromatic carbocycles. The topological polar surface area (TPSA) is 24.8 Å².